The van der Waals surface area contributed by atoms with Crippen LogP contribution in [0.3, 0.4) is 0 Å². The Morgan fingerprint density at radius 3 is 2.74 bits per heavy atom. The van der Waals surface area contributed by atoms with Crippen LogP contribution in [0, 0.1) is 5.92 Å². The van der Waals surface area contributed by atoms with Gasteiger partial charge in [-0.15, -0.1) is 0 Å². The summed E-state index contributed by atoms with van der Waals surface area (Å²) in [6, 6.07) is 6.46. The molecule has 7 heteroatoms. The summed E-state index contributed by atoms with van der Waals surface area (Å²) in [7, 11) is 0. The largest absolute Gasteiger partial charge is 0.484 e. The van der Waals surface area contributed by atoms with Gasteiger partial charge < -0.3 is 19.7 Å². The summed E-state index contributed by atoms with van der Waals surface area (Å²) in [5, 5.41) is 2.86. The summed E-state index contributed by atoms with van der Waals surface area (Å²) in [6.07, 6.45) is 4.26. The molecular formula is C20H26N2O5. The minimum absolute atomic E-state index is 0.0221. The highest BCUT2D eigenvalue weighted by Gasteiger charge is 2.33. The predicted octanol–water partition coefficient (Wildman–Crippen LogP) is 2.36. The molecule has 1 saturated carbocycles. The molecule has 1 aromatic carbocycles. The molecule has 0 spiro atoms. The number of hydrogen-bond acceptors (Lipinski definition) is 5. The lowest BCUT2D eigenvalue weighted by Crippen LogP contribution is -2.50. The van der Waals surface area contributed by atoms with Gasteiger partial charge in [-0.1, -0.05) is 6.07 Å². The SMILES string of the molecule is CCOC(=O)C1CCCCN1C(=O)COc1cccc(NC(=O)C2CC2)c1. The second-order valence-corrected chi connectivity index (χ2v) is 6.93. The Bertz CT molecular complexity index is 701. The second-order valence-electron chi connectivity index (χ2n) is 6.93. The molecule has 2 amide bonds. The number of carbonyl (C=O) groups excluding carboxylic acids is 3. The molecule has 3 rings (SSSR count). The van der Waals surface area contributed by atoms with Gasteiger partial charge in [0.1, 0.15) is 11.8 Å². The van der Waals surface area contributed by atoms with E-state index >= 15 is 0 Å². The predicted molar refractivity (Wildman–Crippen MR) is 99.3 cm³/mol. The van der Waals surface area contributed by atoms with Gasteiger partial charge in [0.05, 0.1) is 6.61 Å². The summed E-state index contributed by atoms with van der Waals surface area (Å²) < 4.78 is 10.7. The number of amides is 2. The van der Waals surface area contributed by atoms with Crippen molar-refractivity contribution in [3.8, 4) is 5.75 Å². The van der Waals surface area contributed by atoms with Crippen molar-refractivity contribution in [2.45, 2.75) is 45.1 Å². The molecule has 27 heavy (non-hydrogen) atoms. The van der Waals surface area contributed by atoms with Crippen LogP contribution < -0.4 is 10.1 Å². The lowest BCUT2D eigenvalue weighted by atomic mass is 10.0. The van der Waals surface area contributed by atoms with Crippen molar-refractivity contribution in [2.24, 2.45) is 5.92 Å². The van der Waals surface area contributed by atoms with Gasteiger partial charge in [0.15, 0.2) is 6.61 Å². The molecule has 0 aromatic heterocycles. The number of esters is 1. The van der Waals surface area contributed by atoms with Crippen molar-refractivity contribution >= 4 is 23.5 Å². The molecule has 1 heterocycles. The molecule has 1 atom stereocenters. The van der Waals surface area contributed by atoms with E-state index in [1.54, 1.807) is 36.1 Å². The maximum absolute atomic E-state index is 12.6. The lowest BCUT2D eigenvalue weighted by molar-refractivity contribution is -0.157. The van der Waals surface area contributed by atoms with Gasteiger partial charge in [0.2, 0.25) is 5.91 Å². The lowest BCUT2D eigenvalue weighted by Gasteiger charge is -2.33. The molecule has 7 nitrogen and oxygen atoms in total. The second kappa shape index (κ2) is 8.88. The maximum Gasteiger partial charge on any atom is 0.328 e. The third-order valence-electron chi connectivity index (χ3n) is 4.79. The fourth-order valence-corrected chi connectivity index (χ4v) is 3.20. The van der Waals surface area contributed by atoms with E-state index in [1.807, 2.05) is 0 Å². The van der Waals surface area contributed by atoms with Crippen molar-refractivity contribution in [1.82, 2.24) is 4.90 Å². The molecular weight excluding hydrogens is 348 g/mol. The summed E-state index contributed by atoms with van der Waals surface area (Å²) in [5.41, 5.74) is 0.652. The van der Waals surface area contributed by atoms with E-state index in [4.69, 9.17) is 9.47 Å². The number of anilines is 1. The average molecular weight is 374 g/mol. The van der Waals surface area contributed by atoms with Crippen molar-refractivity contribution in [1.29, 1.82) is 0 Å². The fraction of sp³-hybridized carbons (Fsp3) is 0.550. The van der Waals surface area contributed by atoms with Crippen LogP contribution >= 0.6 is 0 Å². The quantitative estimate of drug-likeness (QED) is 0.741. The minimum Gasteiger partial charge on any atom is -0.484 e. The Labute approximate surface area is 159 Å². The fourth-order valence-electron chi connectivity index (χ4n) is 3.20. The number of nitrogens with one attached hydrogen (secondary N) is 1. The van der Waals surface area contributed by atoms with Crippen LogP contribution in [0.4, 0.5) is 5.69 Å². The highest BCUT2D eigenvalue weighted by atomic mass is 16.5. The van der Waals surface area contributed by atoms with E-state index in [1.165, 1.54) is 0 Å². The Morgan fingerprint density at radius 2 is 2.00 bits per heavy atom. The minimum atomic E-state index is -0.529. The Morgan fingerprint density at radius 1 is 1.19 bits per heavy atom. The van der Waals surface area contributed by atoms with Crippen molar-refractivity contribution in [3.63, 3.8) is 0 Å². The van der Waals surface area contributed by atoms with Crippen molar-refractivity contribution in [2.75, 3.05) is 25.1 Å². The van der Waals surface area contributed by atoms with Gasteiger partial charge in [-0.25, -0.2) is 4.79 Å². The first-order chi connectivity index (χ1) is 13.1. The smallest absolute Gasteiger partial charge is 0.328 e. The highest BCUT2D eigenvalue weighted by Crippen LogP contribution is 2.30. The van der Waals surface area contributed by atoms with Gasteiger partial charge in [-0.05, 0) is 51.2 Å². The zero-order chi connectivity index (χ0) is 19.2. The van der Waals surface area contributed by atoms with E-state index in [-0.39, 0.29) is 30.3 Å². The third-order valence-corrected chi connectivity index (χ3v) is 4.79. The van der Waals surface area contributed by atoms with Crippen LogP contribution in [0.1, 0.15) is 39.0 Å². The molecule has 2 fully saturated rings. The molecule has 1 unspecified atom stereocenters. The number of piperidine rings is 1. The molecule has 1 aliphatic heterocycles. The summed E-state index contributed by atoms with van der Waals surface area (Å²) >= 11 is 0. The number of rotatable bonds is 7. The molecule has 0 bridgehead atoms. The van der Waals surface area contributed by atoms with E-state index in [2.05, 4.69) is 5.32 Å². The summed E-state index contributed by atoms with van der Waals surface area (Å²) in [5.74, 6) is 0.0565. The molecule has 146 valence electrons. The number of likely N-dealkylation sites (tertiary alicyclic amines) is 1. The molecule has 1 aromatic rings. The number of carbonyl (C=O) groups is 3. The summed E-state index contributed by atoms with van der Waals surface area (Å²) in [6.45, 7) is 2.43. The molecule has 2 aliphatic rings. The first kappa shape index (κ1) is 19.2. The zero-order valence-electron chi connectivity index (χ0n) is 15.6. The van der Waals surface area contributed by atoms with Crippen LogP contribution in [-0.2, 0) is 19.1 Å². The topological polar surface area (TPSA) is 84.9 Å². The zero-order valence-corrected chi connectivity index (χ0v) is 15.6. The molecule has 1 saturated heterocycles. The van der Waals surface area contributed by atoms with Crippen LogP contribution in [0.15, 0.2) is 24.3 Å². The molecule has 1 N–H and O–H groups in total. The number of benzene rings is 1. The van der Waals surface area contributed by atoms with E-state index < -0.39 is 6.04 Å². The van der Waals surface area contributed by atoms with Crippen LogP contribution in [-0.4, -0.2) is 48.5 Å². The first-order valence-corrected chi connectivity index (χ1v) is 9.58. The van der Waals surface area contributed by atoms with Gasteiger partial charge in [-0.3, -0.25) is 9.59 Å². The maximum atomic E-state index is 12.6. The van der Waals surface area contributed by atoms with Gasteiger partial charge >= 0.3 is 5.97 Å². The standard InChI is InChI=1S/C20H26N2O5/c1-2-26-20(25)17-8-3-4-11-22(17)18(23)13-27-16-7-5-6-15(12-16)21-19(24)14-9-10-14/h5-7,12,14,17H,2-4,8-11,13H2,1H3,(H,21,24). The first-order valence-electron chi connectivity index (χ1n) is 9.58. The van der Waals surface area contributed by atoms with Crippen LogP contribution in [0.2, 0.25) is 0 Å². The number of nitrogens with zero attached hydrogens (tertiary/aromatic N) is 1. The van der Waals surface area contributed by atoms with E-state index in [9.17, 15) is 14.4 Å². The number of ether oxygens (including phenoxy) is 2. The normalized spacial score (nSPS) is 19.3. The average Bonchev–Trinajstić information content (AvgIpc) is 3.52. The molecule has 0 radical (unpaired) electrons. The van der Waals surface area contributed by atoms with Gasteiger partial charge in [-0.2, -0.15) is 0 Å². The number of hydrogen-bond donors (Lipinski definition) is 1. The summed E-state index contributed by atoms with van der Waals surface area (Å²) in [4.78, 5) is 38.1. The van der Waals surface area contributed by atoms with E-state index in [0.29, 0.717) is 31.0 Å². The van der Waals surface area contributed by atoms with Gasteiger partial charge in [0, 0.05) is 24.2 Å². The van der Waals surface area contributed by atoms with Crippen LogP contribution in [0.25, 0.3) is 0 Å². The molecule has 1 aliphatic carbocycles. The van der Waals surface area contributed by atoms with E-state index in [0.717, 1.165) is 25.7 Å². The monoisotopic (exact) mass is 374 g/mol. The Balaban J connectivity index is 1.55. The highest BCUT2D eigenvalue weighted by molar-refractivity contribution is 5.94. The van der Waals surface area contributed by atoms with Crippen LogP contribution in [0.5, 0.6) is 5.75 Å². The Kier molecular flexibility index (Phi) is 6.32. The van der Waals surface area contributed by atoms with Gasteiger partial charge in [0.25, 0.3) is 5.91 Å². The van der Waals surface area contributed by atoms with Crippen molar-refractivity contribution in [3.05, 3.63) is 24.3 Å². The third kappa shape index (κ3) is 5.21. The van der Waals surface area contributed by atoms with Crippen molar-refractivity contribution < 1.29 is 23.9 Å². The Hall–Kier alpha value is -2.57.